The molecule has 1 saturated carbocycles. The van der Waals surface area contributed by atoms with Crippen molar-refractivity contribution in [3.8, 4) is 5.75 Å². The van der Waals surface area contributed by atoms with Crippen molar-refractivity contribution in [2.24, 2.45) is 0 Å². The number of aromatic nitrogens is 1. The Bertz CT molecular complexity index is 969. The lowest BCUT2D eigenvalue weighted by molar-refractivity contribution is 0.0942. The highest BCUT2D eigenvalue weighted by Crippen LogP contribution is 2.30. The van der Waals surface area contributed by atoms with E-state index in [1.807, 2.05) is 67.6 Å². The Morgan fingerprint density at radius 3 is 2.74 bits per heavy atom. The molecule has 1 aliphatic carbocycles. The van der Waals surface area contributed by atoms with Crippen LogP contribution in [0.4, 0.5) is 0 Å². The molecule has 1 amide bonds. The molecule has 27 heavy (non-hydrogen) atoms. The fourth-order valence-corrected chi connectivity index (χ4v) is 3.20. The minimum Gasteiger partial charge on any atom is -0.488 e. The van der Waals surface area contributed by atoms with Gasteiger partial charge in [-0.3, -0.25) is 4.79 Å². The number of ether oxygens (including phenoxy) is 1. The smallest absolute Gasteiger partial charge is 0.268 e. The van der Waals surface area contributed by atoms with Crippen LogP contribution in [0.25, 0.3) is 10.9 Å². The summed E-state index contributed by atoms with van der Waals surface area (Å²) in [5, 5.41) is 4.07. The van der Waals surface area contributed by atoms with Crippen LogP contribution in [-0.4, -0.2) is 16.5 Å². The lowest BCUT2D eigenvalue weighted by Gasteiger charge is -2.10. The fraction of sp³-hybridized carbons (Fsp3) is 0.261. The highest BCUT2D eigenvalue weighted by molar-refractivity contribution is 6.00. The van der Waals surface area contributed by atoms with Gasteiger partial charge in [0.25, 0.3) is 5.91 Å². The molecule has 4 rings (SSSR count). The second-order valence-corrected chi connectivity index (χ2v) is 6.92. The Morgan fingerprint density at radius 2 is 2.00 bits per heavy atom. The van der Waals surface area contributed by atoms with E-state index >= 15 is 0 Å². The van der Waals surface area contributed by atoms with E-state index in [0.717, 1.165) is 35.1 Å². The van der Waals surface area contributed by atoms with Gasteiger partial charge in [0.1, 0.15) is 18.1 Å². The summed E-state index contributed by atoms with van der Waals surface area (Å²) in [7, 11) is 0. The molecule has 1 aromatic heterocycles. The van der Waals surface area contributed by atoms with Gasteiger partial charge in [-0.2, -0.15) is 0 Å². The average Bonchev–Trinajstić information content (AvgIpc) is 3.43. The van der Waals surface area contributed by atoms with Crippen LogP contribution < -0.4 is 10.1 Å². The van der Waals surface area contributed by atoms with E-state index in [1.165, 1.54) is 0 Å². The van der Waals surface area contributed by atoms with Gasteiger partial charge in [0.05, 0.1) is 5.52 Å². The maximum Gasteiger partial charge on any atom is 0.268 e. The van der Waals surface area contributed by atoms with Crippen molar-refractivity contribution in [2.45, 2.75) is 39.0 Å². The third-order valence-corrected chi connectivity index (χ3v) is 4.81. The molecule has 3 aromatic rings. The van der Waals surface area contributed by atoms with Gasteiger partial charge >= 0.3 is 0 Å². The third-order valence-electron chi connectivity index (χ3n) is 4.81. The summed E-state index contributed by atoms with van der Waals surface area (Å²) in [6.07, 6.45) is 6.22. The number of allylic oxidation sites excluding steroid dienone is 2. The van der Waals surface area contributed by atoms with Crippen LogP contribution in [0.2, 0.25) is 0 Å². The van der Waals surface area contributed by atoms with E-state index in [9.17, 15) is 4.79 Å². The molecule has 4 nitrogen and oxygen atoms in total. The first-order valence-electron chi connectivity index (χ1n) is 9.47. The number of rotatable bonds is 7. The fourth-order valence-electron chi connectivity index (χ4n) is 3.20. The van der Waals surface area contributed by atoms with Crippen molar-refractivity contribution < 1.29 is 9.53 Å². The molecular weight excluding hydrogens is 336 g/mol. The van der Waals surface area contributed by atoms with E-state index in [4.69, 9.17) is 4.74 Å². The van der Waals surface area contributed by atoms with Crippen LogP contribution in [0.15, 0.2) is 66.7 Å². The van der Waals surface area contributed by atoms with Crippen molar-refractivity contribution in [1.29, 1.82) is 0 Å². The maximum absolute atomic E-state index is 12.7. The number of nitrogens with one attached hydrogen (secondary N) is 1. The molecule has 0 aliphatic heterocycles. The molecule has 0 saturated heterocycles. The van der Waals surface area contributed by atoms with Crippen molar-refractivity contribution in [2.75, 3.05) is 0 Å². The average molecular weight is 360 g/mol. The maximum atomic E-state index is 12.7. The number of hydrogen-bond acceptors (Lipinski definition) is 2. The lowest BCUT2D eigenvalue weighted by Crippen LogP contribution is -2.27. The highest BCUT2D eigenvalue weighted by atomic mass is 16.5. The zero-order chi connectivity index (χ0) is 18.6. The predicted molar refractivity (Wildman–Crippen MR) is 108 cm³/mol. The molecule has 0 bridgehead atoms. The van der Waals surface area contributed by atoms with Gasteiger partial charge in [-0.25, -0.2) is 0 Å². The first-order chi connectivity index (χ1) is 13.3. The molecule has 0 radical (unpaired) electrons. The normalized spacial score (nSPS) is 14.0. The summed E-state index contributed by atoms with van der Waals surface area (Å²) in [5.41, 5.74) is 2.82. The summed E-state index contributed by atoms with van der Waals surface area (Å²) in [6, 6.07) is 18.4. The zero-order valence-electron chi connectivity index (χ0n) is 15.5. The molecule has 0 spiro atoms. The monoisotopic (exact) mass is 360 g/mol. The molecule has 1 heterocycles. The van der Waals surface area contributed by atoms with Gasteiger partial charge in [-0.15, -0.1) is 0 Å². The first-order valence-corrected chi connectivity index (χ1v) is 9.47. The molecule has 2 aromatic carbocycles. The number of amides is 1. The van der Waals surface area contributed by atoms with Gasteiger partial charge in [0.2, 0.25) is 0 Å². The molecule has 1 aliphatic rings. The number of nitrogens with zero attached hydrogens (tertiary/aromatic N) is 1. The van der Waals surface area contributed by atoms with E-state index < -0.39 is 0 Å². The van der Waals surface area contributed by atoms with Gasteiger partial charge < -0.3 is 14.6 Å². The predicted octanol–water partition coefficient (Wildman–Crippen LogP) is 4.69. The van der Waals surface area contributed by atoms with Crippen LogP contribution >= 0.6 is 0 Å². The summed E-state index contributed by atoms with van der Waals surface area (Å²) in [4.78, 5) is 12.7. The van der Waals surface area contributed by atoms with Crippen LogP contribution in [0.1, 0.15) is 35.8 Å². The Kier molecular flexibility index (Phi) is 4.97. The quantitative estimate of drug-likeness (QED) is 0.621. The van der Waals surface area contributed by atoms with Gasteiger partial charge in [0.15, 0.2) is 0 Å². The first kappa shape index (κ1) is 17.4. The molecule has 1 fully saturated rings. The van der Waals surface area contributed by atoms with E-state index in [0.29, 0.717) is 24.9 Å². The highest BCUT2D eigenvalue weighted by Gasteiger charge is 2.26. The number of carbonyl (C=O) groups excluding carboxylic acids is 1. The Balaban J connectivity index is 1.68. The minimum absolute atomic E-state index is 0.00721. The van der Waals surface area contributed by atoms with Gasteiger partial charge in [-0.1, -0.05) is 48.6 Å². The standard InChI is InChI=1S/C23H24N2O2/c1-2-3-14-25-20-10-7-11-22(27-16-17-8-5-4-6-9-17)19(20)15-21(25)23(26)24-18-12-13-18/h2-11,15,18H,12-14,16H2,1H3,(H,24,26)/b3-2-. The molecular formula is C23H24N2O2. The van der Waals surface area contributed by atoms with Gasteiger partial charge in [0, 0.05) is 18.0 Å². The molecule has 0 atom stereocenters. The number of carbonyl (C=O) groups is 1. The molecule has 4 heteroatoms. The van der Waals surface area contributed by atoms with Crippen LogP contribution in [0.3, 0.4) is 0 Å². The third kappa shape index (κ3) is 3.90. The zero-order valence-corrected chi connectivity index (χ0v) is 15.5. The summed E-state index contributed by atoms with van der Waals surface area (Å²) in [5.74, 6) is 0.795. The van der Waals surface area contributed by atoms with Crippen molar-refractivity contribution >= 4 is 16.8 Å². The number of hydrogen-bond donors (Lipinski definition) is 1. The Morgan fingerprint density at radius 1 is 1.19 bits per heavy atom. The SMILES string of the molecule is C/C=C\Cn1c(C(=O)NC2CC2)cc2c(OCc3ccccc3)cccc21. The topological polar surface area (TPSA) is 43.3 Å². The summed E-state index contributed by atoms with van der Waals surface area (Å²) in [6.45, 7) is 3.16. The lowest BCUT2D eigenvalue weighted by atomic mass is 10.2. The Hall–Kier alpha value is -3.01. The second-order valence-electron chi connectivity index (χ2n) is 6.92. The largest absolute Gasteiger partial charge is 0.488 e. The molecule has 138 valence electrons. The second kappa shape index (κ2) is 7.70. The van der Waals surface area contributed by atoms with Crippen molar-refractivity contribution in [3.05, 3.63) is 78.0 Å². The van der Waals surface area contributed by atoms with Gasteiger partial charge in [-0.05, 0) is 43.5 Å². The van der Waals surface area contributed by atoms with E-state index in [1.54, 1.807) is 0 Å². The molecule has 1 N–H and O–H groups in total. The summed E-state index contributed by atoms with van der Waals surface area (Å²) >= 11 is 0. The van der Waals surface area contributed by atoms with E-state index in [2.05, 4.69) is 16.0 Å². The van der Waals surface area contributed by atoms with Crippen LogP contribution in [-0.2, 0) is 13.2 Å². The number of fused-ring (bicyclic) bond motifs is 1. The van der Waals surface area contributed by atoms with Crippen LogP contribution in [0, 0.1) is 0 Å². The Labute approximate surface area is 159 Å². The van der Waals surface area contributed by atoms with Crippen molar-refractivity contribution in [3.63, 3.8) is 0 Å². The molecule has 0 unspecified atom stereocenters. The van der Waals surface area contributed by atoms with Crippen molar-refractivity contribution in [1.82, 2.24) is 9.88 Å². The summed E-state index contributed by atoms with van der Waals surface area (Å²) < 4.78 is 8.15. The number of benzene rings is 2. The van der Waals surface area contributed by atoms with Crippen LogP contribution in [0.5, 0.6) is 5.75 Å². The van der Waals surface area contributed by atoms with E-state index in [-0.39, 0.29) is 5.91 Å². The minimum atomic E-state index is -0.00721.